The van der Waals surface area contributed by atoms with E-state index in [0.29, 0.717) is 23.2 Å². The summed E-state index contributed by atoms with van der Waals surface area (Å²) in [7, 11) is 0. The summed E-state index contributed by atoms with van der Waals surface area (Å²) in [6.07, 6.45) is 0. The van der Waals surface area contributed by atoms with E-state index < -0.39 is 10.9 Å². The summed E-state index contributed by atoms with van der Waals surface area (Å²) in [4.78, 5) is 35.7. The largest absolute Gasteiger partial charge is 0.480 e. The van der Waals surface area contributed by atoms with Crippen LogP contribution in [0.2, 0.25) is 0 Å². The lowest BCUT2D eigenvalue weighted by Crippen LogP contribution is -2.29. The van der Waals surface area contributed by atoms with Gasteiger partial charge in [-0.1, -0.05) is 37.3 Å². The first kappa shape index (κ1) is 18.3. The monoisotopic (exact) mass is 342 g/mol. The zero-order valence-electron chi connectivity index (χ0n) is 13.7. The minimum atomic E-state index is -1.01. The van der Waals surface area contributed by atoms with Gasteiger partial charge in [0.05, 0.1) is 11.5 Å². The lowest BCUT2D eigenvalue weighted by atomic mass is 10.00. The van der Waals surface area contributed by atoms with Crippen LogP contribution in [0, 0.1) is 10.1 Å². The van der Waals surface area contributed by atoms with Crippen LogP contribution >= 0.6 is 0 Å². The van der Waals surface area contributed by atoms with Crippen molar-refractivity contribution in [1.29, 1.82) is 0 Å². The van der Waals surface area contributed by atoms with Crippen LogP contribution in [0.3, 0.4) is 0 Å². The van der Waals surface area contributed by atoms with Gasteiger partial charge in [-0.15, -0.1) is 0 Å². The third kappa shape index (κ3) is 4.71. The molecule has 0 spiro atoms. The smallest absolute Gasteiger partial charge is 0.317 e. The van der Waals surface area contributed by atoms with Crippen molar-refractivity contribution >= 4 is 17.4 Å². The Labute approximate surface area is 144 Å². The molecule has 0 aliphatic heterocycles. The van der Waals surface area contributed by atoms with E-state index in [0.717, 1.165) is 0 Å². The molecule has 0 unspecified atom stereocenters. The van der Waals surface area contributed by atoms with Crippen molar-refractivity contribution in [3.63, 3.8) is 0 Å². The van der Waals surface area contributed by atoms with E-state index in [1.54, 1.807) is 42.2 Å². The van der Waals surface area contributed by atoms with Crippen LogP contribution < -0.4 is 0 Å². The summed E-state index contributed by atoms with van der Waals surface area (Å²) in [5.74, 6) is -1.25. The van der Waals surface area contributed by atoms with Crippen molar-refractivity contribution in [3.05, 3.63) is 75.3 Å². The topological polar surface area (TPSA) is 101 Å². The molecule has 0 aliphatic carbocycles. The van der Waals surface area contributed by atoms with Crippen LogP contribution in [0.25, 0.3) is 0 Å². The van der Waals surface area contributed by atoms with Gasteiger partial charge in [-0.05, 0) is 18.7 Å². The molecule has 0 amide bonds. The molecule has 25 heavy (non-hydrogen) atoms. The lowest BCUT2D eigenvalue weighted by molar-refractivity contribution is -0.385. The fourth-order valence-corrected chi connectivity index (χ4v) is 2.50. The van der Waals surface area contributed by atoms with Crippen molar-refractivity contribution in [2.45, 2.75) is 13.5 Å². The minimum absolute atomic E-state index is 0.0784. The van der Waals surface area contributed by atoms with Crippen LogP contribution in [0.1, 0.15) is 28.4 Å². The molecule has 0 aromatic heterocycles. The summed E-state index contributed by atoms with van der Waals surface area (Å²) < 4.78 is 0. The van der Waals surface area contributed by atoms with Gasteiger partial charge in [0, 0.05) is 29.3 Å². The number of nitrogens with zero attached hydrogens (tertiary/aromatic N) is 2. The number of nitro groups is 1. The van der Waals surface area contributed by atoms with E-state index in [-0.39, 0.29) is 24.6 Å². The molecule has 2 aromatic rings. The Balaban J connectivity index is 2.37. The summed E-state index contributed by atoms with van der Waals surface area (Å²) in [6.45, 7) is 2.04. The van der Waals surface area contributed by atoms with Gasteiger partial charge in [-0.2, -0.15) is 0 Å². The Morgan fingerprint density at radius 1 is 1.12 bits per heavy atom. The second-order valence-corrected chi connectivity index (χ2v) is 5.49. The first-order valence-electron chi connectivity index (χ1n) is 7.73. The molecule has 7 heteroatoms. The zero-order valence-corrected chi connectivity index (χ0v) is 13.7. The van der Waals surface area contributed by atoms with Crippen molar-refractivity contribution in [1.82, 2.24) is 4.90 Å². The van der Waals surface area contributed by atoms with E-state index in [4.69, 9.17) is 5.11 Å². The maximum atomic E-state index is 12.5. The lowest BCUT2D eigenvalue weighted by Gasteiger charge is -2.18. The number of rotatable bonds is 8. The maximum absolute atomic E-state index is 12.5. The molecule has 0 heterocycles. The minimum Gasteiger partial charge on any atom is -0.480 e. The molecule has 0 bridgehead atoms. The number of carboxylic acid groups (broad SMARTS) is 1. The molecule has 0 radical (unpaired) electrons. The normalized spacial score (nSPS) is 10.6. The summed E-state index contributed by atoms with van der Waals surface area (Å²) in [5.41, 5.74) is 1.00. The number of aliphatic carboxylic acids is 1. The second kappa shape index (κ2) is 8.16. The third-order valence-corrected chi connectivity index (χ3v) is 3.77. The summed E-state index contributed by atoms with van der Waals surface area (Å²) in [6, 6.07) is 12.8. The molecule has 0 aliphatic rings. The number of hydrogen-bond acceptors (Lipinski definition) is 5. The standard InChI is InChI=1S/C18H18N2O5/c1-2-19(12-17(21)22)11-15-10-14(8-9-16(15)20(24)25)18(23)13-6-4-3-5-7-13/h3-10H,2,11-12H2,1H3,(H,21,22). The maximum Gasteiger partial charge on any atom is 0.317 e. The molecule has 130 valence electrons. The van der Waals surface area contributed by atoms with Crippen molar-refractivity contribution in [3.8, 4) is 0 Å². The van der Waals surface area contributed by atoms with Gasteiger partial charge in [0.15, 0.2) is 5.78 Å². The van der Waals surface area contributed by atoms with Gasteiger partial charge in [-0.3, -0.25) is 24.6 Å². The number of ketones is 1. The Kier molecular flexibility index (Phi) is 5.97. The Bertz CT molecular complexity index is 789. The number of likely N-dealkylation sites (N-methyl/N-ethyl adjacent to an activating group) is 1. The fraction of sp³-hybridized carbons (Fsp3) is 0.222. The number of nitro benzene ring substituents is 1. The number of carbonyl (C=O) groups excluding carboxylic acids is 1. The molecule has 2 aromatic carbocycles. The highest BCUT2D eigenvalue weighted by Crippen LogP contribution is 2.23. The van der Waals surface area contributed by atoms with Crippen LogP contribution in [-0.2, 0) is 11.3 Å². The van der Waals surface area contributed by atoms with Crippen molar-refractivity contribution < 1.29 is 19.6 Å². The van der Waals surface area contributed by atoms with Gasteiger partial charge >= 0.3 is 5.97 Å². The van der Waals surface area contributed by atoms with Crippen molar-refractivity contribution in [2.24, 2.45) is 0 Å². The first-order chi connectivity index (χ1) is 11.9. The van der Waals surface area contributed by atoms with Gasteiger partial charge in [0.25, 0.3) is 5.69 Å². The van der Waals surface area contributed by atoms with E-state index in [2.05, 4.69) is 0 Å². The van der Waals surface area contributed by atoms with Crippen LogP contribution in [0.4, 0.5) is 5.69 Å². The van der Waals surface area contributed by atoms with Crippen LogP contribution in [0.5, 0.6) is 0 Å². The van der Waals surface area contributed by atoms with Crippen LogP contribution in [-0.4, -0.2) is 39.8 Å². The predicted octanol–water partition coefficient (Wildman–Crippen LogP) is 2.73. The highest BCUT2D eigenvalue weighted by molar-refractivity contribution is 6.09. The van der Waals surface area contributed by atoms with Crippen molar-refractivity contribution in [2.75, 3.05) is 13.1 Å². The number of hydrogen-bond donors (Lipinski definition) is 1. The molecular formula is C18H18N2O5. The van der Waals surface area contributed by atoms with Gasteiger partial charge in [0.1, 0.15) is 0 Å². The number of carboxylic acids is 1. The number of carbonyl (C=O) groups is 2. The SMILES string of the molecule is CCN(CC(=O)O)Cc1cc(C(=O)c2ccccc2)ccc1[N+](=O)[O-]. The molecule has 0 atom stereocenters. The highest BCUT2D eigenvalue weighted by Gasteiger charge is 2.20. The van der Waals surface area contributed by atoms with Gasteiger partial charge in [0.2, 0.25) is 0 Å². The van der Waals surface area contributed by atoms with E-state index in [1.807, 2.05) is 0 Å². The predicted molar refractivity (Wildman–Crippen MR) is 91.6 cm³/mol. The quantitative estimate of drug-likeness (QED) is 0.450. The third-order valence-electron chi connectivity index (χ3n) is 3.77. The first-order valence-corrected chi connectivity index (χ1v) is 7.73. The van der Waals surface area contributed by atoms with E-state index >= 15 is 0 Å². The zero-order chi connectivity index (χ0) is 18.4. The average Bonchev–Trinajstić information content (AvgIpc) is 2.60. The molecule has 7 nitrogen and oxygen atoms in total. The van der Waals surface area contributed by atoms with E-state index in [9.17, 15) is 19.7 Å². The summed E-state index contributed by atoms with van der Waals surface area (Å²) in [5, 5.41) is 20.2. The Morgan fingerprint density at radius 3 is 2.36 bits per heavy atom. The summed E-state index contributed by atoms with van der Waals surface area (Å²) >= 11 is 0. The van der Waals surface area contributed by atoms with E-state index in [1.165, 1.54) is 18.2 Å². The second-order valence-electron chi connectivity index (χ2n) is 5.49. The average molecular weight is 342 g/mol. The number of benzene rings is 2. The molecule has 0 fully saturated rings. The van der Waals surface area contributed by atoms with Gasteiger partial charge < -0.3 is 5.11 Å². The molecular weight excluding hydrogens is 324 g/mol. The Morgan fingerprint density at radius 2 is 1.80 bits per heavy atom. The molecule has 2 rings (SSSR count). The highest BCUT2D eigenvalue weighted by atomic mass is 16.6. The molecule has 0 saturated carbocycles. The fourth-order valence-electron chi connectivity index (χ4n) is 2.50. The van der Waals surface area contributed by atoms with Crippen LogP contribution in [0.15, 0.2) is 48.5 Å². The molecule has 0 saturated heterocycles. The van der Waals surface area contributed by atoms with Gasteiger partial charge in [-0.25, -0.2) is 0 Å². The Hall–Kier alpha value is -3.06. The molecule has 1 N–H and O–H groups in total.